The molecular weight excluding hydrogens is 144 g/mol. The van der Waals surface area contributed by atoms with Crippen LogP contribution >= 0.6 is 0 Å². The molecule has 0 aliphatic rings. The average Bonchev–Trinajstić information content (AvgIpc) is 2.10. The van der Waals surface area contributed by atoms with Crippen molar-refractivity contribution >= 4 is 0 Å². The number of allylic oxidation sites excluding steroid dienone is 3. The maximum Gasteiger partial charge on any atom is -0.0282 e. The minimum Gasteiger partial charge on any atom is -0.0958 e. The Balaban J connectivity index is 3.50. The third kappa shape index (κ3) is 6.21. The van der Waals surface area contributed by atoms with Gasteiger partial charge in [0.05, 0.1) is 0 Å². The van der Waals surface area contributed by atoms with Crippen molar-refractivity contribution in [2.24, 2.45) is 5.92 Å². The molecule has 0 heteroatoms. The molecule has 0 bridgehead atoms. The van der Waals surface area contributed by atoms with Gasteiger partial charge in [-0.15, -0.1) is 0 Å². The summed E-state index contributed by atoms with van der Waals surface area (Å²) in [7, 11) is 0. The summed E-state index contributed by atoms with van der Waals surface area (Å²) < 4.78 is 0. The molecule has 0 saturated heterocycles. The van der Waals surface area contributed by atoms with E-state index in [-0.39, 0.29) is 0 Å². The van der Waals surface area contributed by atoms with Gasteiger partial charge in [0, 0.05) is 0 Å². The van der Waals surface area contributed by atoms with Gasteiger partial charge in [-0.1, -0.05) is 51.5 Å². The van der Waals surface area contributed by atoms with Crippen LogP contribution in [0.4, 0.5) is 0 Å². The molecule has 0 fully saturated rings. The van der Waals surface area contributed by atoms with Crippen LogP contribution in [0, 0.1) is 5.92 Å². The van der Waals surface area contributed by atoms with Crippen LogP contribution < -0.4 is 0 Å². The van der Waals surface area contributed by atoms with Gasteiger partial charge < -0.3 is 0 Å². The SMILES string of the molecule is C=C(C=CCC)CCC(C)CC. The molecule has 0 aromatic carbocycles. The summed E-state index contributed by atoms with van der Waals surface area (Å²) in [5, 5.41) is 0. The molecule has 0 amide bonds. The highest BCUT2D eigenvalue weighted by atomic mass is 14.0. The molecule has 0 spiro atoms. The molecule has 0 aromatic rings. The van der Waals surface area contributed by atoms with Gasteiger partial charge in [-0.2, -0.15) is 0 Å². The van der Waals surface area contributed by atoms with Crippen molar-refractivity contribution in [3.8, 4) is 0 Å². The summed E-state index contributed by atoms with van der Waals surface area (Å²) in [6.07, 6.45) is 9.17. The molecule has 0 radical (unpaired) electrons. The smallest absolute Gasteiger partial charge is 0.0282 e. The molecule has 0 heterocycles. The second-order valence-corrected chi connectivity index (χ2v) is 3.52. The first kappa shape index (κ1) is 11.5. The molecule has 0 aliphatic heterocycles. The minimum atomic E-state index is 0.844. The molecule has 70 valence electrons. The van der Waals surface area contributed by atoms with Gasteiger partial charge >= 0.3 is 0 Å². The fraction of sp³-hybridized carbons (Fsp3) is 0.667. The lowest BCUT2D eigenvalue weighted by molar-refractivity contribution is 0.518. The minimum absolute atomic E-state index is 0.844. The Bertz CT molecular complexity index is 142. The van der Waals surface area contributed by atoms with Crippen molar-refractivity contribution in [2.75, 3.05) is 0 Å². The molecule has 0 aliphatic carbocycles. The first-order valence-electron chi connectivity index (χ1n) is 5.05. The second kappa shape index (κ2) is 7.15. The maximum atomic E-state index is 4.01. The largest absolute Gasteiger partial charge is 0.0958 e. The van der Waals surface area contributed by atoms with Gasteiger partial charge in [-0.3, -0.25) is 0 Å². The van der Waals surface area contributed by atoms with Crippen molar-refractivity contribution in [1.82, 2.24) is 0 Å². The third-order valence-corrected chi connectivity index (χ3v) is 2.24. The lowest BCUT2D eigenvalue weighted by atomic mass is 9.99. The molecule has 0 aromatic heterocycles. The summed E-state index contributed by atoms with van der Waals surface area (Å²) >= 11 is 0. The van der Waals surface area contributed by atoms with Crippen molar-refractivity contribution in [1.29, 1.82) is 0 Å². The Morgan fingerprint density at radius 3 is 2.58 bits per heavy atom. The Hall–Kier alpha value is -0.520. The van der Waals surface area contributed by atoms with E-state index in [0.717, 1.165) is 18.8 Å². The Morgan fingerprint density at radius 2 is 2.08 bits per heavy atom. The predicted octanol–water partition coefficient (Wildman–Crippen LogP) is 4.34. The zero-order chi connectivity index (χ0) is 9.40. The summed E-state index contributed by atoms with van der Waals surface area (Å²) in [5.41, 5.74) is 1.28. The van der Waals surface area contributed by atoms with Crippen molar-refractivity contribution in [3.63, 3.8) is 0 Å². The first-order chi connectivity index (χ1) is 5.70. The first-order valence-corrected chi connectivity index (χ1v) is 5.05. The lowest BCUT2D eigenvalue weighted by Crippen LogP contribution is -1.91. The van der Waals surface area contributed by atoms with E-state index in [4.69, 9.17) is 0 Å². The molecule has 1 atom stereocenters. The third-order valence-electron chi connectivity index (χ3n) is 2.24. The van der Waals surface area contributed by atoms with E-state index in [9.17, 15) is 0 Å². The molecule has 0 N–H and O–H groups in total. The Morgan fingerprint density at radius 1 is 1.42 bits per heavy atom. The normalized spacial score (nSPS) is 13.6. The molecule has 1 unspecified atom stereocenters. The van der Waals surface area contributed by atoms with E-state index in [1.54, 1.807) is 0 Å². The van der Waals surface area contributed by atoms with Crippen LogP contribution in [-0.2, 0) is 0 Å². The molecule has 0 saturated carbocycles. The second-order valence-electron chi connectivity index (χ2n) is 3.52. The fourth-order valence-electron chi connectivity index (χ4n) is 1.00. The molecule has 0 nitrogen and oxygen atoms in total. The highest BCUT2D eigenvalue weighted by molar-refractivity contribution is 5.13. The van der Waals surface area contributed by atoms with E-state index in [2.05, 4.69) is 39.5 Å². The maximum absolute atomic E-state index is 4.01. The molecule has 12 heavy (non-hydrogen) atoms. The molecular formula is C12H22. The van der Waals surface area contributed by atoms with Crippen LogP contribution in [0.25, 0.3) is 0 Å². The zero-order valence-electron chi connectivity index (χ0n) is 8.77. The van der Waals surface area contributed by atoms with Crippen LogP contribution in [0.3, 0.4) is 0 Å². The van der Waals surface area contributed by atoms with E-state index in [1.807, 2.05) is 0 Å². The quantitative estimate of drug-likeness (QED) is 0.515. The monoisotopic (exact) mass is 166 g/mol. The average molecular weight is 166 g/mol. The number of hydrogen-bond acceptors (Lipinski definition) is 0. The van der Waals surface area contributed by atoms with Gasteiger partial charge in [-0.05, 0) is 25.2 Å². The Labute approximate surface area is 77.4 Å². The van der Waals surface area contributed by atoms with Crippen molar-refractivity contribution < 1.29 is 0 Å². The standard InChI is InChI=1S/C12H22/c1-5-7-8-12(4)10-9-11(3)6-2/h7-8,11H,4-6,9-10H2,1-3H3. The number of hydrogen-bond donors (Lipinski definition) is 0. The van der Waals surface area contributed by atoms with Crippen LogP contribution in [0.15, 0.2) is 24.3 Å². The van der Waals surface area contributed by atoms with E-state index < -0.39 is 0 Å². The highest BCUT2D eigenvalue weighted by Crippen LogP contribution is 2.14. The predicted molar refractivity (Wildman–Crippen MR) is 57.3 cm³/mol. The van der Waals surface area contributed by atoms with Gasteiger partial charge in [0.2, 0.25) is 0 Å². The summed E-state index contributed by atoms with van der Waals surface area (Å²) in [4.78, 5) is 0. The topological polar surface area (TPSA) is 0 Å². The summed E-state index contributed by atoms with van der Waals surface area (Å²) in [5.74, 6) is 0.844. The van der Waals surface area contributed by atoms with Crippen LogP contribution in [-0.4, -0.2) is 0 Å². The van der Waals surface area contributed by atoms with Crippen LogP contribution in [0.1, 0.15) is 46.5 Å². The van der Waals surface area contributed by atoms with Crippen molar-refractivity contribution in [2.45, 2.75) is 46.5 Å². The number of rotatable bonds is 6. The van der Waals surface area contributed by atoms with Crippen LogP contribution in [0.2, 0.25) is 0 Å². The van der Waals surface area contributed by atoms with E-state index >= 15 is 0 Å². The summed E-state index contributed by atoms with van der Waals surface area (Å²) in [6, 6.07) is 0. The van der Waals surface area contributed by atoms with Gasteiger partial charge in [0.15, 0.2) is 0 Å². The van der Waals surface area contributed by atoms with Crippen LogP contribution in [0.5, 0.6) is 0 Å². The van der Waals surface area contributed by atoms with Gasteiger partial charge in [0.25, 0.3) is 0 Å². The van der Waals surface area contributed by atoms with E-state index in [1.165, 1.54) is 18.4 Å². The van der Waals surface area contributed by atoms with E-state index in [0.29, 0.717) is 0 Å². The zero-order valence-corrected chi connectivity index (χ0v) is 8.77. The summed E-state index contributed by atoms with van der Waals surface area (Å²) in [6.45, 7) is 10.7. The van der Waals surface area contributed by atoms with Crippen molar-refractivity contribution in [3.05, 3.63) is 24.3 Å². The highest BCUT2D eigenvalue weighted by Gasteiger charge is 1.98. The Kier molecular flexibility index (Phi) is 6.84. The molecule has 0 rings (SSSR count). The lowest BCUT2D eigenvalue weighted by Gasteiger charge is -2.07. The van der Waals surface area contributed by atoms with Gasteiger partial charge in [0.1, 0.15) is 0 Å². The van der Waals surface area contributed by atoms with Gasteiger partial charge in [-0.25, -0.2) is 0 Å². The fourth-order valence-corrected chi connectivity index (χ4v) is 1.00.